The van der Waals surface area contributed by atoms with Crippen LogP contribution in [0.3, 0.4) is 0 Å². The number of anilines is 1. The summed E-state index contributed by atoms with van der Waals surface area (Å²) in [6, 6.07) is 11.1. The molecular formula is C29H32N4O7. The average molecular weight is 549 g/mol. The Morgan fingerprint density at radius 2 is 1.77 bits per heavy atom. The second kappa shape index (κ2) is 10.6. The van der Waals surface area contributed by atoms with E-state index in [9.17, 15) is 24.0 Å². The highest BCUT2D eigenvalue weighted by atomic mass is 16.6. The van der Waals surface area contributed by atoms with E-state index in [2.05, 4.69) is 10.6 Å². The minimum atomic E-state index is -0.690. The number of ether oxygens (including phenoxy) is 2. The molecule has 1 unspecified atom stereocenters. The number of rotatable bonds is 6. The van der Waals surface area contributed by atoms with Crippen LogP contribution in [0.15, 0.2) is 42.5 Å². The second-order valence-electron chi connectivity index (χ2n) is 11.3. The van der Waals surface area contributed by atoms with Crippen molar-refractivity contribution in [2.24, 2.45) is 5.92 Å². The number of nitrogens with one attached hydrogen (secondary N) is 2. The standard InChI is InChI=1S/C29H32N4O7/c1-29(2,3)40-28(38)32-13-17(14-32)16-39-21-8-5-18(6-9-21)25(35)30-20-7-4-19-15-33(27(37)22(19)12-20)23-10-11-24(34)31-26(23)36/h4-9,12,17,23H,10-11,13-16H2,1-3H3,(H,30,35)(H,31,34,36). The van der Waals surface area contributed by atoms with Gasteiger partial charge in [0.2, 0.25) is 11.8 Å². The van der Waals surface area contributed by atoms with Crippen molar-refractivity contribution < 1.29 is 33.4 Å². The Hall–Kier alpha value is -4.41. The quantitative estimate of drug-likeness (QED) is 0.530. The lowest BCUT2D eigenvalue weighted by atomic mass is 10.0. The number of benzene rings is 2. The smallest absolute Gasteiger partial charge is 0.410 e. The van der Waals surface area contributed by atoms with E-state index < -0.39 is 17.6 Å². The molecular weight excluding hydrogens is 516 g/mol. The maximum atomic E-state index is 13.0. The molecule has 2 N–H and O–H groups in total. The molecule has 1 atom stereocenters. The molecule has 0 saturated carbocycles. The number of carbonyl (C=O) groups excluding carboxylic acids is 5. The van der Waals surface area contributed by atoms with Gasteiger partial charge in [-0.3, -0.25) is 24.5 Å². The van der Waals surface area contributed by atoms with Gasteiger partial charge < -0.3 is 24.6 Å². The molecule has 0 aliphatic carbocycles. The minimum Gasteiger partial charge on any atom is -0.493 e. The molecule has 210 valence electrons. The number of amides is 5. The van der Waals surface area contributed by atoms with Gasteiger partial charge in [0.1, 0.15) is 17.4 Å². The zero-order valence-electron chi connectivity index (χ0n) is 22.7. The first-order valence-electron chi connectivity index (χ1n) is 13.3. The van der Waals surface area contributed by atoms with E-state index in [1.165, 1.54) is 4.90 Å². The molecule has 0 radical (unpaired) electrons. The first-order valence-corrected chi connectivity index (χ1v) is 13.3. The van der Waals surface area contributed by atoms with Gasteiger partial charge in [0.05, 0.1) is 6.61 Å². The molecule has 5 amide bonds. The predicted molar refractivity (Wildman–Crippen MR) is 144 cm³/mol. The van der Waals surface area contributed by atoms with E-state index in [1.54, 1.807) is 47.4 Å². The van der Waals surface area contributed by atoms with Crippen molar-refractivity contribution in [1.82, 2.24) is 15.1 Å². The van der Waals surface area contributed by atoms with Gasteiger partial charge in [0.15, 0.2) is 0 Å². The summed E-state index contributed by atoms with van der Waals surface area (Å²) in [5, 5.41) is 5.10. The maximum Gasteiger partial charge on any atom is 0.410 e. The van der Waals surface area contributed by atoms with Crippen LogP contribution < -0.4 is 15.4 Å². The first kappa shape index (κ1) is 27.2. The monoisotopic (exact) mass is 548 g/mol. The molecule has 0 spiro atoms. The van der Waals surface area contributed by atoms with Crippen molar-refractivity contribution in [3.8, 4) is 5.75 Å². The van der Waals surface area contributed by atoms with Gasteiger partial charge in [-0.15, -0.1) is 0 Å². The Morgan fingerprint density at radius 1 is 1.05 bits per heavy atom. The van der Waals surface area contributed by atoms with Crippen molar-refractivity contribution >= 4 is 35.4 Å². The number of nitrogens with zero attached hydrogens (tertiary/aromatic N) is 2. The summed E-state index contributed by atoms with van der Waals surface area (Å²) in [5.74, 6) is -0.615. The van der Waals surface area contributed by atoms with Crippen LogP contribution in [0.5, 0.6) is 5.75 Å². The van der Waals surface area contributed by atoms with E-state index >= 15 is 0 Å². The van der Waals surface area contributed by atoms with Gasteiger partial charge in [-0.1, -0.05) is 6.07 Å². The predicted octanol–water partition coefficient (Wildman–Crippen LogP) is 2.95. The highest BCUT2D eigenvalue weighted by Crippen LogP contribution is 2.30. The molecule has 11 nitrogen and oxygen atoms in total. The van der Waals surface area contributed by atoms with Gasteiger partial charge in [0.25, 0.3) is 11.8 Å². The van der Waals surface area contributed by atoms with Crippen LogP contribution >= 0.6 is 0 Å². The van der Waals surface area contributed by atoms with Crippen molar-refractivity contribution in [3.63, 3.8) is 0 Å². The SMILES string of the molecule is CC(C)(C)OC(=O)N1CC(COc2ccc(C(=O)Nc3ccc4c(c3)C(=O)N(C3CCC(=O)NC3=O)C4)cc2)C1. The van der Waals surface area contributed by atoms with Gasteiger partial charge >= 0.3 is 6.09 Å². The maximum absolute atomic E-state index is 13.0. The molecule has 5 rings (SSSR count). The number of carbonyl (C=O) groups is 5. The fraction of sp³-hybridized carbons (Fsp3) is 0.414. The fourth-order valence-corrected chi connectivity index (χ4v) is 4.90. The summed E-state index contributed by atoms with van der Waals surface area (Å²) in [7, 11) is 0. The fourth-order valence-electron chi connectivity index (χ4n) is 4.90. The number of hydrogen-bond acceptors (Lipinski definition) is 7. The van der Waals surface area contributed by atoms with E-state index in [-0.39, 0.29) is 42.7 Å². The van der Waals surface area contributed by atoms with Crippen LogP contribution in [0.1, 0.15) is 59.9 Å². The van der Waals surface area contributed by atoms with Crippen LogP contribution in [-0.4, -0.2) is 70.9 Å². The minimum absolute atomic E-state index is 0.189. The molecule has 3 aliphatic heterocycles. The third-order valence-electron chi connectivity index (χ3n) is 7.00. The lowest BCUT2D eigenvalue weighted by molar-refractivity contribution is -0.136. The summed E-state index contributed by atoms with van der Waals surface area (Å²) in [4.78, 5) is 64.7. The molecule has 2 aromatic rings. The third kappa shape index (κ3) is 5.93. The normalized spacial score (nSPS) is 19.1. The molecule has 3 aliphatic rings. The number of hydrogen-bond donors (Lipinski definition) is 2. The third-order valence-corrected chi connectivity index (χ3v) is 7.00. The van der Waals surface area contributed by atoms with Gasteiger partial charge in [-0.2, -0.15) is 0 Å². The zero-order chi connectivity index (χ0) is 28.6. The van der Waals surface area contributed by atoms with Gasteiger partial charge in [0, 0.05) is 48.8 Å². The van der Waals surface area contributed by atoms with Gasteiger partial charge in [-0.05, 0) is 69.2 Å². The lowest BCUT2D eigenvalue weighted by Gasteiger charge is -2.39. The summed E-state index contributed by atoms with van der Waals surface area (Å²) in [6.07, 6.45) is 0.159. The Balaban J connectivity index is 1.12. The van der Waals surface area contributed by atoms with Crippen LogP contribution in [0.25, 0.3) is 0 Å². The van der Waals surface area contributed by atoms with Crippen molar-refractivity contribution in [1.29, 1.82) is 0 Å². The average Bonchev–Trinajstić information content (AvgIpc) is 3.18. The molecule has 40 heavy (non-hydrogen) atoms. The zero-order valence-corrected chi connectivity index (χ0v) is 22.7. The van der Waals surface area contributed by atoms with Crippen LogP contribution in [0.2, 0.25) is 0 Å². The van der Waals surface area contributed by atoms with Crippen molar-refractivity contribution in [2.75, 3.05) is 25.0 Å². The topological polar surface area (TPSA) is 134 Å². The highest BCUT2D eigenvalue weighted by molar-refractivity contribution is 6.07. The largest absolute Gasteiger partial charge is 0.493 e. The Labute approximate surface area is 231 Å². The summed E-state index contributed by atoms with van der Waals surface area (Å²) in [6.45, 7) is 7.37. The molecule has 11 heteroatoms. The van der Waals surface area contributed by atoms with Gasteiger partial charge in [-0.25, -0.2) is 4.79 Å². The van der Waals surface area contributed by atoms with Crippen molar-refractivity contribution in [2.45, 2.75) is 51.8 Å². The Morgan fingerprint density at radius 3 is 2.45 bits per heavy atom. The Bertz CT molecular complexity index is 1360. The number of imide groups is 1. The lowest BCUT2D eigenvalue weighted by Crippen LogP contribution is -2.53. The van der Waals surface area contributed by atoms with E-state index in [0.29, 0.717) is 48.7 Å². The number of piperidine rings is 1. The number of likely N-dealkylation sites (tertiary alicyclic amines) is 1. The highest BCUT2D eigenvalue weighted by Gasteiger charge is 2.39. The second-order valence-corrected chi connectivity index (χ2v) is 11.3. The molecule has 2 saturated heterocycles. The van der Waals surface area contributed by atoms with E-state index in [0.717, 1.165) is 5.56 Å². The van der Waals surface area contributed by atoms with Crippen LogP contribution in [0, 0.1) is 5.92 Å². The summed E-state index contributed by atoms with van der Waals surface area (Å²) < 4.78 is 11.2. The summed E-state index contributed by atoms with van der Waals surface area (Å²) >= 11 is 0. The Kier molecular flexibility index (Phi) is 7.22. The molecule has 0 aromatic heterocycles. The molecule has 3 heterocycles. The van der Waals surface area contributed by atoms with E-state index in [1.807, 2.05) is 20.8 Å². The molecule has 2 aromatic carbocycles. The van der Waals surface area contributed by atoms with Crippen LogP contribution in [-0.2, 0) is 20.9 Å². The van der Waals surface area contributed by atoms with Crippen LogP contribution in [0.4, 0.5) is 10.5 Å². The molecule has 0 bridgehead atoms. The molecule has 2 fully saturated rings. The summed E-state index contributed by atoms with van der Waals surface area (Å²) in [5.41, 5.74) is 1.54. The van der Waals surface area contributed by atoms with Crippen molar-refractivity contribution in [3.05, 3.63) is 59.2 Å². The number of fused-ring (bicyclic) bond motifs is 1. The van der Waals surface area contributed by atoms with E-state index in [4.69, 9.17) is 9.47 Å². The first-order chi connectivity index (χ1) is 19.0.